The van der Waals surface area contributed by atoms with Crippen molar-refractivity contribution in [2.75, 3.05) is 0 Å². The molecule has 0 amide bonds. The first-order chi connectivity index (χ1) is 8.15. The lowest BCUT2D eigenvalue weighted by molar-refractivity contribution is 0.294. The van der Waals surface area contributed by atoms with E-state index >= 15 is 0 Å². The lowest BCUT2D eigenvalue weighted by Crippen LogP contribution is -2.12. The topological polar surface area (TPSA) is 0 Å². The minimum atomic E-state index is 0.875. The fourth-order valence-corrected chi connectivity index (χ4v) is 2.79. The maximum absolute atomic E-state index is 4.27. The predicted molar refractivity (Wildman–Crippen MR) is 76.0 cm³/mol. The average molecular weight is 228 g/mol. The Bertz CT molecular complexity index is 364. The molecule has 0 heteroatoms. The van der Waals surface area contributed by atoms with Crippen LogP contribution in [0, 0.1) is 18.8 Å². The van der Waals surface area contributed by atoms with Crippen LogP contribution in [0.5, 0.6) is 0 Å². The molecule has 0 saturated heterocycles. The first-order valence-electron chi connectivity index (χ1n) is 6.90. The molecule has 0 aromatic heterocycles. The monoisotopic (exact) mass is 228 g/mol. The molecule has 0 nitrogen and oxygen atoms in total. The lowest BCUT2D eigenvalue weighted by Gasteiger charge is -2.26. The number of benzene rings is 1. The Morgan fingerprint density at radius 2 is 1.71 bits per heavy atom. The molecule has 1 aromatic rings. The van der Waals surface area contributed by atoms with Crippen LogP contribution in [0.2, 0.25) is 0 Å². The number of allylic oxidation sites excluding steroid dienone is 1. The summed E-state index contributed by atoms with van der Waals surface area (Å²) in [6.07, 6.45) is 6.80. The Kier molecular flexibility index (Phi) is 4.04. The van der Waals surface area contributed by atoms with Gasteiger partial charge in [0.25, 0.3) is 0 Å². The van der Waals surface area contributed by atoms with Crippen molar-refractivity contribution in [3.63, 3.8) is 0 Å². The van der Waals surface area contributed by atoms with E-state index in [9.17, 15) is 0 Å². The molecule has 0 radical (unpaired) electrons. The van der Waals surface area contributed by atoms with Gasteiger partial charge in [0.2, 0.25) is 0 Å². The van der Waals surface area contributed by atoms with Gasteiger partial charge in [-0.05, 0) is 49.2 Å². The van der Waals surface area contributed by atoms with Crippen molar-refractivity contribution in [3.8, 4) is 0 Å². The second-order valence-electron chi connectivity index (χ2n) is 5.80. The Morgan fingerprint density at radius 1 is 1.12 bits per heavy atom. The summed E-state index contributed by atoms with van der Waals surface area (Å²) in [4.78, 5) is 0. The van der Waals surface area contributed by atoms with Crippen LogP contribution in [0.1, 0.15) is 50.2 Å². The van der Waals surface area contributed by atoms with Crippen molar-refractivity contribution < 1.29 is 0 Å². The van der Waals surface area contributed by atoms with E-state index in [0.717, 1.165) is 11.8 Å². The third kappa shape index (κ3) is 3.46. The van der Waals surface area contributed by atoms with Gasteiger partial charge >= 0.3 is 0 Å². The number of hydrogen-bond acceptors (Lipinski definition) is 0. The van der Waals surface area contributed by atoms with Crippen LogP contribution in [-0.4, -0.2) is 0 Å². The normalized spacial score (nSPS) is 24.6. The van der Waals surface area contributed by atoms with Gasteiger partial charge in [-0.3, -0.25) is 0 Å². The molecule has 0 N–H and O–H groups in total. The highest BCUT2D eigenvalue weighted by molar-refractivity contribution is 5.63. The Balaban J connectivity index is 1.91. The minimum Gasteiger partial charge on any atom is -0.0952 e. The van der Waals surface area contributed by atoms with Gasteiger partial charge in [-0.25, -0.2) is 0 Å². The largest absolute Gasteiger partial charge is 0.0952 e. The van der Waals surface area contributed by atoms with E-state index in [1.165, 1.54) is 48.8 Å². The van der Waals surface area contributed by atoms with Crippen molar-refractivity contribution in [1.82, 2.24) is 0 Å². The molecule has 17 heavy (non-hydrogen) atoms. The smallest absolute Gasteiger partial charge is 0.0230 e. The summed E-state index contributed by atoms with van der Waals surface area (Å²) in [7, 11) is 0. The van der Waals surface area contributed by atoms with E-state index < -0.39 is 0 Å². The van der Waals surface area contributed by atoms with Crippen molar-refractivity contribution >= 4 is 5.57 Å². The van der Waals surface area contributed by atoms with Crippen LogP contribution in [0.3, 0.4) is 0 Å². The third-order valence-corrected chi connectivity index (χ3v) is 4.13. The average Bonchev–Trinajstić information content (AvgIpc) is 2.33. The Morgan fingerprint density at radius 3 is 2.29 bits per heavy atom. The molecule has 2 rings (SSSR count). The zero-order chi connectivity index (χ0) is 12.3. The second kappa shape index (κ2) is 5.53. The van der Waals surface area contributed by atoms with E-state index in [4.69, 9.17) is 0 Å². The first kappa shape index (κ1) is 12.4. The molecule has 0 spiro atoms. The molecule has 0 heterocycles. The summed E-state index contributed by atoms with van der Waals surface area (Å²) in [6.45, 7) is 8.78. The van der Waals surface area contributed by atoms with E-state index in [2.05, 4.69) is 44.7 Å². The summed E-state index contributed by atoms with van der Waals surface area (Å²) in [5.41, 5.74) is 3.98. The third-order valence-electron chi connectivity index (χ3n) is 4.13. The van der Waals surface area contributed by atoms with Crippen molar-refractivity contribution in [2.24, 2.45) is 11.8 Å². The molecule has 1 aliphatic rings. The molecule has 0 atom stereocenters. The van der Waals surface area contributed by atoms with Gasteiger partial charge in [-0.1, -0.05) is 56.2 Å². The van der Waals surface area contributed by atoms with E-state index in [1.807, 2.05) is 0 Å². The number of rotatable bonds is 3. The van der Waals surface area contributed by atoms with Gasteiger partial charge in [0, 0.05) is 0 Å². The number of aryl methyl sites for hydroxylation is 1. The van der Waals surface area contributed by atoms with Gasteiger partial charge in [0.05, 0.1) is 0 Å². The molecular formula is C17H24. The summed E-state index contributed by atoms with van der Waals surface area (Å²) < 4.78 is 0. The second-order valence-corrected chi connectivity index (χ2v) is 5.80. The molecule has 1 saturated carbocycles. The Hall–Kier alpha value is -1.04. The highest BCUT2D eigenvalue weighted by Gasteiger charge is 2.18. The molecule has 0 aliphatic heterocycles. The summed E-state index contributed by atoms with van der Waals surface area (Å²) in [5.74, 6) is 1.82. The van der Waals surface area contributed by atoms with Crippen LogP contribution < -0.4 is 0 Å². The van der Waals surface area contributed by atoms with Gasteiger partial charge in [0.1, 0.15) is 0 Å². The van der Waals surface area contributed by atoms with Crippen molar-refractivity contribution in [2.45, 2.75) is 46.0 Å². The predicted octanol–water partition coefficient (Wildman–Crippen LogP) is 5.22. The molecule has 0 bridgehead atoms. The molecule has 1 aliphatic carbocycles. The van der Waals surface area contributed by atoms with Crippen LogP contribution in [0.25, 0.3) is 5.57 Å². The van der Waals surface area contributed by atoms with E-state index in [1.54, 1.807) is 0 Å². The first-order valence-corrected chi connectivity index (χ1v) is 6.90. The maximum atomic E-state index is 4.27. The van der Waals surface area contributed by atoms with Gasteiger partial charge in [0.15, 0.2) is 0 Å². The number of hydrogen-bond donors (Lipinski definition) is 0. The zero-order valence-electron chi connectivity index (χ0n) is 11.2. The van der Waals surface area contributed by atoms with Crippen LogP contribution in [0.15, 0.2) is 30.8 Å². The fraction of sp³-hybridized carbons (Fsp3) is 0.529. The summed E-state index contributed by atoms with van der Waals surface area (Å²) >= 11 is 0. The van der Waals surface area contributed by atoms with Gasteiger partial charge in [-0.2, -0.15) is 0 Å². The van der Waals surface area contributed by atoms with Crippen molar-refractivity contribution in [1.29, 1.82) is 0 Å². The van der Waals surface area contributed by atoms with E-state index in [0.29, 0.717) is 0 Å². The van der Waals surface area contributed by atoms with Crippen molar-refractivity contribution in [3.05, 3.63) is 42.0 Å². The minimum absolute atomic E-state index is 0.875. The fourth-order valence-electron chi connectivity index (χ4n) is 2.79. The lowest BCUT2D eigenvalue weighted by atomic mass is 9.79. The van der Waals surface area contributed by atoms with Crippen LogP contribution in [-0.2, 0) is 0 Å². The molecule has 0 unspecified atom stereocenters. The quantitative estimate of drug-likeness (QED) is 0.665. The molecule has 1 fully saturated rings. The highest BCUT2D eigenvalue weighted by atomic mass is 14.2. The van der Waals surface area contributed by atoms with Crippen LogP contribution in [0.4, 0.5) is 0 Å². The standard InChI is InChI=1S/C17H24/c1-13-4-8-16(9-5-13)12-15(3)17-10-6-14(2)7-11-17/h6-7,10-11,13,16H,3-5,8-9,12H2,1-2H3. The Labute approximate surface area is 106 Å². The zero-order valence-corrected chi connectivity index (χ0v) is 11.2. The highest BCUT2D eigenvalue weighted by Crippen LogP contribution is 2.34. The van der Waals surface area contributed by atoms with Gasteiger partial charge in [-0.15, -0.1) is 0 Å². The molecule has 92 valence electrons. The van der Waals surface area contributed by atoms with E-state index in [-0.39, 0.29) is 0 Å². The van der Waals surface area contributed by atoms with Gasteiger partial charge < -0.3 is 0 Å². The SMILES string of the molecule is C=C(CC1CCC(C)CC1)c1ccc(C)cc1. The molecular weight excluding hydrogens is 204 g/mol. The molecule has 1 aromatic carbocycles. The maximum Gasteiger partial charge on any atom is -0.0230 e. The summed E-state index contributed by atoms with van der Waals surface area (Å²) in [6, 6.07) is 8.79. The van der Waals surface area contributed by atoms with Crippen LogP contribution >= 0.6 is 0 Å². The summed E-state index contributed by atoms with van der Waals surface area (Å²) in [5, 5.41) is 0.